The van der Waals surface area contributed by atoms with Crippen LogP contribution in [0.2, 0.25) is 0 Å². The SMILES string of the molecule is CN(C1CCN(C(=O)CCc2ncc(-c3ccccc3F)o2)CC1)S(C)(=O)=O. The molecule has 0 spiro atoms. The zero-order valence-electron chi connectivity index (χ0n) is 16.0. The number of carbonyl (C=O) groups is 1. The molecule has 1 aromatic heterocycles. The van der Waals surface area contributed by atoms with E-state index in [1.807, 2.05) is 0 Å². The van der Waals surface area contributed by atoms with Gasteiger partial charge in [-0.2, -0.15) is 0 Å². The second-order valence-electron chi connectivity index (χ2n) is 6.99. The lowest BCUT2D eigenvalue weighted by atomic mass is 10.0. The van der Waals surface area contributed by atoms with Gasteiger partial charge in [-0.1, -0.05) is 12.1 Å². The monoisotopic (exact) mass is 409 g/mol. The smallest absolute Gasteiger partial charge is 0.223 e. The van der Waals surface area contributed by atoms with Gasteiger partial charge >= 0.3 is 0 Å². The number of hydrogen-bond donors (Lipinski definition) is 0. The number of piperidine rings is 1. The predicted octanol–water partition coefficient (Wildman–Crippen LogP) is 2.30. The Morgan fingerprint density at radius 3 is 2.64 bits per heavy atom. The molecule has 2 heterocycles. The average molecular weight is 409 g/mol. The predicted molar refractivity (Wildman–Crippen MR) is 102 cm³/mol. The van der Waals surface area contributed by atoms with Gasteiger partial charge in [-0.05, 0) is 25.0 Å². The lowest BCUT2D eigenvalue weighted by molar-refractivity contribution is -0.132. The average Bonchev–Trinajstić information content (AvgIpc) is 3.14. The second kappa shape index (κ2) is 8.40. The third kappa shape index (κ3) is 4.77. The Labute approximate surface area is 164 Å². The van der Waals surface area contributed by atoms with Crippen molar-refractivity contribution < 1.29 is 22.0 Å². The maximum absolute atomic E-state index is 13.8. The van der Waals surface area contributed by atoms with Gasteiger partial charge in [0.2, 0.25) is 15.9 Å². The van der Waals surface area contributed by atoms with Crippen LogP contribution < -0.4 is 0 Å². The molecule has 1 amide bonds. The van der Waals surface area contributed by atoms with Crippen LogP contribution in [-0.2, 0) is 21.2 Å². The number of sulfonamides is 1. The summed E-state index contributed by atoms with van der Waals surface area (Å²) in [5, 5.41) is 0. The van der Waals surface area contributed by atoms with E-state index in [-0.39, 0.29) is 24.2 Å². The summed E-state index contributed by atoms with van der Waals surface area (Å²) >= 11 is 0. The Morgan fingerprint density at radius 1 is 1.32 bits per heavy atom. The summed E-state index contributed by atoms with van der Waals surface area (Å²) in [5.74, 6) is 0.317. The van der Waals surface area contributed by atoms with Crippen LogP contribution in [0.3, 0.4) is 0 Å². The number of hydrogen-bond acceptors (Lipinski definition) is 5. The minimum absolute atomic E-state index is 0.0221. The fourth-order valence-electron chi connectivity index (χ4n) is 3.33. The van der Waals surface area contributed by atoms with Crippen molar-refractivity contribution in [1.29, 1.82) is 0 Å². The number of oxazole rings is 1. The Kier molecular flexibility index (Phi) is 6.14. The summed E-state index contributed by atoms with van der Waals surface area (Å²) < 4.78 is 44.0. The van der Waals surface area contributed by atoms with Crippen molar-refractivity contribution in [3.05, 3.63) is 42.2 Å². The second-order valence-corrected chi connectivity index (χ2v) is 9.03. The fraction of sp³-hybridized carbons (Fsp3) is 0.474. The molecular formula is C19H24FN3O4S. The van der Waals surface area contributed by atoms with Gasteiger partial charge in [-0.15, -0.1) is 0 Å². The molecular weight excluding hydrogens is 385 g/mol. The molecule has 7 nitrogen and oxygen atoms in total. The van der Waals surface area contributed by atoms with E-state index in [9.17, 15) is 17.6 Å². The Morgan fingerprint density at radius 2 is 2.00 bits per heavy atom. The van der Waals surface area contributed by atoms with Crippen molar-refractivity contribution in [2.24, 2.45) is 0 Å². The molecule has 0 unspecified atom stereocenters. The molecule has 1 saturated heterocycles. The molecule has 0 radical (unpaired) electrons. The largest absolute Gasteiger partial charge is 0.441 e. The minimum atomic E-state index is -3.23. The zero-order chi connectivity index (χ0) is 20.3. The minimum Gasteiger partial charge on any atom is -0.441 e. The number of likely N-dealkylation sites (tertiary alicyclic amines) is 1. The van der Waals surface area contributed by atoms with Crippen molar-refractivity contribution >= 4 is 15.9 Å². The van der Waals surface area contributed by atoms with Crippen LogP contribution in [0, 0.1) is 5.82 Å². The molecule has 28 heavy (non-hydrogen) atoms. The number of nitrogens with zero attached hydrogens (tertiary/aromatic N) is 3. The Bertz CT molecular complexity index is 936. The van der Waals surface area contributed by atoms with E-state index in [0.29, 0.717) is 49.6 Å². The normalized spacial score (nSPS) is 15.9. The molecule has 0 atom stereocenters. The highest BCUT2D eigenvalue weighted by atomic mass is 32.2. The van der Waals surface area contributed by atoms with Gasteiger partial charge in [0, 0.05) is 39.0 Å². The lowest BCUT2D eigenvalue weighted by Crippen LogP contribution is -2.47. The first-order chi connectivity index (χ1) is 13.3. The van der Waals surface area contributed by atoms with E-state index in [0.717, 1.165) is 0 Å². The van der Waals surface area contributed by atoms with Gasteiger partial charge in [0.15, 0.2) is 11.7 Å². The molecule has 3 rings (SSSR count). The molecule has 0 aliphatic carbocycles. The highest BCUT2D eigenvalue weighted by Gasteiger charge is 2.29. The first-order valence-corrected chi connectivity index (χ1v) is 11.0. The molecule has 0 saturated carbocycles. The molecule has 0 bridgehead atoms. The number of halogens is 1. The van der Waals surface area contributed by atoms with Gasteiger partial charge in [0.1, 0.15) is 5.82 Å². The van der Waals surface area contributed by atoms with Crippen molar-refractivity contribution in [2.45, 2.75) is 31.7 Å². The Balaban J connectivity index is 1.51. The lowest BCUT2D eigenvalue weighted by Gasteiger charge is -2.35. The van der Waals surface area contributed by atoms with Crippen molar-refractivity contribution in [3.8, 4) is 11.3 Å². The molecule has 1 fully saturated rings. The van der Waals surface area contributed by atoms with Crippen molar-refractivity contribution in [1.82, 2.24) is 14.2 Å². The van der Waals surface area contributed by atoms with E-state index in [1.165, 1.54) is 22.8 Å². The van der Waals surface area contributed by atoms with Crippen molar-refractivity contribution in [3.63, 3.8) is 0 Å². The maximum Gasteiger partial charge on any atom is 0.223 e. The molecule has 2 aromatic rings. The third-order valence-corrected chi connectivity index (χ3v) is 6.44. The number of aromatic nitrogens is 1. The summed E-state index contributed by atoms with van der Waals surface area (Å²) in [5.41, 5.74) is 0.338. The summed E-state index contributed by atoms with van der Waals surface area (Å²) in [4.78, 5) is 18.3. The van der Waals surface area contributed by atoms with E-state index in [2.05, 4.69) is 4.98 Å². The standard InChI is InChI=1S/C19H24FN3O4S/c1-22(28(2,25)26)14-9-11-23(12-10-14)19(24)8-7-18-21-13-17(27-18)15-5-3-4-6-16(15)20/h3-6,13-14H,7-12H2,1-2H3. The number of aryl methyl sites for hydroxylation is 1. The third-order valence-electron chi connectivity index (χ3n) is 5.10. The van der Waals surface area contributed by atoms with Crippen LogP contribution in [-0.4, -0.2) is 60.9 Å². The molecule has 1 aromatic carbocycles. The van der Waals surface area contributed by atoms with Crippen LogP contribution >= 0.6 is 0 Å². The van der Waals surface area contributed by atoms with Gasteiger partial charge in [-0.3, -0.25) is 4.79 Å². The zero-order valence-corrected chi connectivity index (χ0v) is 16.8. The molecule has 0 N–H and O–H groups in total. The van der Waals surface area contributed by atoms with Crippen LogP contribution in [0.1, 0.15) is 25.2 Å². The first kappa shape index (κ1) is 20.5. The Hall–Kier alpha value is -2.26. The highest BCUT2D eigenvalue weighted by molar-refractivity contribution is 7.88. The number of carbonyl (C=O) groups excluding carboxylic acids is 1. The summed E-state index contributed by atoms with van der Waals surface area (Å²) in [7, 11) is -1.65. The van der Waals surface area contributed by atoms with Gasteiger partial charge < -0.3 is 9.32 Å². The number of amides is 1. The van der Waals surface area contributed by atoms with E-state index >= 15 is 0 Å². The molecule has 1 aliphatic heterocycles. The van der Waals surface area contributed by atoms with E-state index in [1.54, 1.807) is 30.1 Å². The summed E-state index contributed by atoms with van der Waals surface area (Å²) in [6.45, 7) is 1.05. The molecule has 1 aliphatic rings. The van der Waals surface area contributed by atoms with Gasteiger partial charge in [-0.25, -0.2) is 22.1 Å². The number of benzene rings is 1. The van der Waals surface area contributed by atoms with Crippen LogP contribution in [0.25, 0.3) is 11.3 Å². The number of rotatable bonds is 6. The summed E-state index contributed by atoms with van der Waals surface area (Å²) in [6, 6.07) is 6.21. The first-order valence-electron chi connectivity index (χ1n) is 9.16. The van der Waals surface area contributed by atoms with Gasteiger partial charge in [0.25, 0.3) is 0 Å². The van der Waals surface area contributed by atoms with Crippen LogP contribution in [0.15, 0.2) is 34.9 Å². The quantitative estimate of drug-likeness (QED) is 0.731. The van der Waals surface area contributed by atoms with Crippen molar-refractivity contribution in [2.75, 3.05) is 26.4 Å². The maximum atomic E-state index is 13.8. The fourth-order valence-corrected chi connectivity index (χ4v) is 4.09. The van der Waals surface area contributed by atoms with Crippen LogP contribution in [0.4, 0.5) is 4.39 Å². The highest BCUT2D eigenvalue weighted by Crippen LogP contribution is 2.24. The summed E-state index contributed by atoms with van der Waals surface area (Å²) in [6.07, 6.45) is 4.46. The topological polar surface area (TPSA) is 83.7 Å². The van der Waals surface area contributed by atoms with Gasteiger partial charge in [0.05, 0.1) is 18.0 Å². The molecule has 9 heteroatoms. The van der Waals surface area contributed by atoms with Crippen LogP contribution in [0.5, 0.6) is 0 Å². The van der Waals surface area contributed by atoms with E-state index in [4.69, 9.17) is 4.42 Å². The molecule has 152 valence electrons. The van der Waals surface area contributed by atoms with E-state index < -0.39 is 10.0 Å².